The van der Waals surface area contributed by atoms with Crippen molar-refractivity contribution in [3.8, 4) is 5.75 Å². The number of nitrogens with zero attached hydrogens (tertiary/aromatic N) is 1. The average molecular weight is 389 g/mol. The predicted octanol–water partition coefficient (Wildman–Crippen LogP) is 3.43. The molecule has 1 aliphatic rings. The van der Waals surface area contributed by atoms with Crippen LogP contribution in [0.2, 0.25) is 0 Å². The summed E-state index contributed by atoms with van der Waals surface area (Å²) in [6.45, 7) is 7.11. The van der Waals surface area contributed by atoms with Gasteiger partial charge in [-0.05, 0) is 68.5 Å². The maximum atomic E-state index is 12.7. The van der Waals surface area contributed by atoms with Gasteiger partial charge in [0.25, 0.3) is 0 Å². The number of benzene rings is 2. The molecule has 1 heterocycles. The number of sulfonamides is 1. The van der Waals surface area contributed by atoms with Crippen LogP contribution in [0.5, 0.6) is 5.75 Å². The molecule has 0 aromatic heterocycles. The molecule has 0 aliphatic carbocycles. The second-order valence-corrected chi connectivity index (χ2v) is 8.95. The van der Waals surface area contributed by atoms with E-state index in [1.54, 1.807) is 26.2 Å². The van der Waals surface area contributed by atoms with Crippen molar-refractivity contribution in [2.45, 2.75) is 44.6 Å². The first kappa shape index (κ1) is 19.7. The van der Waals surface area contributed by atoms with E-state index in [9.17, 15) is 8.42 Å². The smallest absolute Gasteiger partial charge is 0.240 e. The van der Waals surface area contributed by atoms with Crippen LogP contribution in [0, 0.1) is 13.8 Å². The van der Waals surface area contributed by atoms with Gasteiger partial charge in [0.2, 0.25) is 10.0 Å². The van der Waals surface area contributed by atoms with Crippen LogP contribution < -0.4 is 14.4 Å². The van der Waals surface area contributed by atoms with Crippen LogP contribution in [-0.4, -0.2) is 34.7 Å². The average Bonchev–Trinajstić information content (AvgIpc) is 2.95. The van der Waals surface area contributed by atoms with Crippen molar-refractivity contribution < 1.29 is 13.2 Å². The quantitative estimate of drug-likeness (QED) is 0.739. The van der Waals surface area contributed by atoms with Crippen molar-refractivity contribution in [3.05, 3.63) is 53.1 Å². The molecule has 1 aliphatic heterocycles. The fraction of sp³-hybridized carbons (Fsp3) is 0.429. The zero-order valence-electron chi connectivity index (χ0n) is 16.5. The number of rotatable bonds is 7. The van der Waals surface area contributed by atoms with E-state index in [0.717, 1.165) is 24.9 Å². The van der Waals surface area contributed by atoms with Crippen molar-refractivity contribution in [2.75, 3.05) is 25.1 Å². The molecule has 0 fully saturated rings. The Kier molecular flexibility index (Phi) is 5.77. The molecule has 5 nitrogen and oxygen atoms in total. The number of ether oxygens (including phenoxy) is 1. The van der Waals surface area contributed by atoms with Crippen LogP contribution >= 0.6 is 0 Å². The van der Waals surface area contributed by atoms with Gasteiger partial charge in [-0.25, -0.2) is 13.1 Å². The molecule has 0 radical (unpaired) electrons. The van der Waals surface area contributed by atoms with E-state index in [-0.39, 0.29) is 0 Å². The Morgan fingerprint density at radius 1 is 1.19 bits per heavy atom. The Bertz CT molecular complexity index is 925. The molecule has 0 bridgehead atoms. The zero-order valence-corrected chi connectivity index (χ0v) is 17.3. The van der Waals surface area contributed by atoms with E-state index in [1.807, 2.05) is 6.92 Å². The number of anilines is 1. The van der Waals surface area contributed by atoms with Gasteiger partial charge in [-0.1, -0.05) is 18.2 Å². The molecule has 0 spiro atoms. The lowest BCUT2D eigenvalue weighted by Gasteiger charge is -2.25. The molecule has 0 unspecified atom stereocenters. The molecule has 146 valence electrons. The van der Waals surface area contributed by atoms with Crippen molar-refractivity contribution in [1.82, 2.24) is 4.72 Å². The molecule has 1 atom stereocenters. The number of hydrogen-bond donors (Lipinski definition) is 1. The number of fused-ring (bicyclic) bond motifs is 1. The topological polar surface area (TPSA) is 58.6 Å². The zero-order chi connectivity index (χ0) is 19.6. The van der Waals surface area contributed by atoms with Gasteiger partial charge in [-0.2, -0.15) is 0 Å². The van der Waals surface area contributed by atoms with E-state index < -0.39 is 10.0 Å². The maximum Gasteiger partial charge on any atom is 0.240 e. The monoisotopic (exact) mass is 388 g/mol. The van der Waals surface area contributed by atoms with Gasteiger partial charge in [0, 0.05) is 24.8 Å². The molecule has 27 heavy (non-hydrogen) atoms. The Morgan fingerprint density at radius 2 is 1.93 bits per heavy atom. The van der Waals surface area contributed by atoms with E-state index in [4.69, 9.17) is 4.74 Å². The minimum Gasteiger partial charge on any atom is -0.496 e. The molecule has 0 saturated heterocycles. The van der Waals surface area contributed by atoms with Crippen LogP contribution in [0.4, 0.5) is 5.69 Å². The normalized spacial score (nSPS) is 16.4. The minimum atomic E-state index is -3.53. The van der Waals surface area contributed by atoms with Crippen molar-refractivity contribution in [1.29, 1.82) is 0 Å². The van der Waals surface area contributed by atoms with Crippen molar-refractivity contribution >= 4 is 15.7 Å². The molecule has 2 aromatic rings. The maximum absolute atomic E-state index is 12.7. The molecular weight excluding hydrogens is 360 g/mol. The van der Waals surface area contributed by atoms with Crippen LogP contribution in [0.3, 0.4) is 0 Å². The van der Waals surface area contributed by atoms with Gasteiger partial charge < -0.3 is 9.64 Å². The van der Waals surface area contributed by atoms with Crippen LogP contribution in [0.1, 0.15) is 30.0 Å². The fourth-order valence-electron chi connectivity index (χ4n) is 3.78. The second-order valence-electron chi connectivity index (χ2n) is 7.21. The Morgan fingerprint density at radius 3 is 2.67 bits per heavy atom. The lowest BCUT2D eigenvalue weighted by molar-refractivity contribution is 0.411. The minimum absolute atomic E-state index is 0.320. The summed E-state index contributed by atoms with van der Waals surface area (Å²) in [6.07, 6.45) is 1.80. The molecule has 0 amide bonds. The van der Waals surface area contributed by atoms with Gasteiger partial charge in [-0.15, -0.1) is 0 Å². The third-order valence-corrected chi connectivity index (χ3v) is 6.80. The highest BCUT2D eigenvalue weighted by Gasteiger charge is 2.25. The summed E-state index contributed by atoms with van der Waals surface area (Å²) < 4.78 is 33.4. The van der Waals surface area contributed by atoms with E-state index in [0.29, 0.717) is 28.8 Å². The van der Waals surface area contributed by atoms with E-state index in [1.165, 1.54) is 11.3 Å². The summed E-state index contributed by atoms with van der Waals surface area (Å²) in [5.41, 5.74) is 4.14. The van der Waals surface area contributed by atoms with E-state index >= 15 is 0 Å². The molecule has 6 heteroatoms. The highest BCUT2D eigenvalue weighted by molar-refractivity contribution is 7.89. The molecule has 0 saturated carbocycles. The number of methoxy groups -OCH3 is 1. The summed E-state index contributed by atoms with van der Waals surface area (Å²) >= 11 is 0. The standard InChI is InChI=1S/C21H28N2O3S/c1-15-13-21(16(2)12-20(15)26-4)27(24,25)22-10-7-11-23-17(3)14-18-8-5-6-9-19(18)23/h5-6,8-9,12-13,17,22H,7,10-11,14H2,1-4H3/t17-/m0/s1. The largest absolute Gasteiger partial charge is 0.496 e. The first-order valence-electron chi connectivity index (χ1n) is 9.33. The lowest BCUT2D eigenvalue weighted by Crippen LogP contribution is -2.33. The van der Waals surface area contributed by atoms with Crippen LogP contribution in [-0.2, 0) is 16.4 Å². The van der Waals surface area contributed by atoms with Crippen LogP contribution in [0.15, 0.2) is 41.3 Å². The Labute approximate surface area is 162 Å². The first-order chi connectivity index (χ1) is 12.8. The van der Waals surface area contributed by atoms with Gasteiger partial charge in [0.1, 0.15) is 5.75 Å². The summed E-state index contributed by atoms with van der Waals surface area (Å²) in [5, 5.41) is 0. The number of hydrogen-bond acceptors (Lipinski definition) is 4. The molecule has 3 rings (SSSR count). The summed E-state index contributed by atoms with van der Waals surface area (Å²) in [5.74, 6) is 0.702. The second kappa shape index (κ2) is 7.90. The predicted molar refractivity (Wildman–Crippen MR) is 109 cm³/mol. The summed E-state index contributed by atoms with van der Waals surface area (Å²) in [4.78, 5) is 2.69. The van der Waals surface area contributed by atoms with Gasteiger partial charge in [-0.3, -0.25) is 0 Å². The van der Waals surface area contributed by atoms with Crippen LogP contribution in [0.25, 0.3) is 0 Å². The fourth-order valence-corrected chi connectivity index (χ4v) is 5.16. The number of aryl methyl sites for hydroxylation is 2. The molecule has 1 N–H and O–H groups in total. The SMILES string of the molecule is COc1cc(C)c(S(=O)(=O)NCCCN2c3ccccc3C[C@@H]2C)cc1C. The number of nitrogens with one attached hydrogen (secondary N) is 1. The first-order valence-corrected chi connectivity index (χ1v) is 10.8. The van der Waals surface area contributed by atoms with E-state index in [2.05, 4.69) is 40.8 Å². The summed E-state index contributed by atoms with van der Waals surface area (Å²) in [7, 11) is -1.94. The van der Waals surface area contributed by atoms with Gasteiger partial charge in [0.15, 0.2) is 0 Å². The lowest BCUT2D eigenvalue weighted by atomic mass is 10.1. The highest BCUT2D eigenvalue weighted by Crippen LogP contribution is 2.31. The van der Waals surface area contributed by atoms with Gasteiger partial charge in [0.05, 0.1) is 12.0 Å². The molecular formula is C21H28N2O3S. The molecule has 2 aromatic carbocycles. The third-order valence-electron chi connectivity index (χ3n) is 5.20. The van der Waals surface area contributed by atoms with Crippen molar-refractivity contribution in [3.63, 3.8) is 0 Å². The number of para-hydroxylation sites is 1. The summed E-state index contributed by atoms with van der Waals surface area (Å²) in [6, 6.07) is 12.3. The van der Waals surface area contributed by atoms with Gasteiger partial charge >= 0.3 is 0 Å². The Hall–Kier alpha value is -2.05. The third kappa shape index (κ3) is 4.12. The van der Waals surface area contributed by atoms with Crippen molar-refractivity contribution in [2.24, 2.45) is 0 Å². The Balaban J connectivity index is 1.61. The highest BCUT2D eigenvalue weighted by atomic mass is 32.2.